The number of carbonyl (C=O) groups excluding carboxylic acids is 1. The van der Waals surface area contributed by atoms with Gasteiger partial charge in [-0.25, -0.2) is 8.42 Å². The van der Waals surface area contributed by atoms with Crippen LogP contribution < -0.4 is 5.73 Å². The van der Waals surface area contributed by atoms with Gasteiger partial charge in [-0.05, 0) is 30.5 Å². The number of rotatable bonds is 4. The normalized spacial score (nSPS) is 18.7. The van der Waals surface area contributed by atoms with Gasteiger partial charge in [-0.2, -0.15) is 17.5 Å². The third-order valence-electron chi connectivity index (χ3n) is 4.67. The van der Waals surface area contributed by atoms with Gasteiger partial charge in [0, 0.05) is 19.8 Å². The first-order valence-corrected chi connectivity index (χ1v) is 9.61. The Labute approximate surface area is 154 Å². The van der Waals surface area contributed by atoms with Crippen molar-refractivity contribution >= 4 is 15.9 Å². The Bertz CT molecular complexity index is 983. The molecule has 1 aromatic heterocycles. The monoisotopic (exact) mass is 401 g/mol. The smallest absolute Gasteiger partial charge is 0.364 e. The molecular formula is C17H18F3N3O3S. The van der Waals surface area contributed by atoms with Crippen LogP contribution in [-0.4, -0.2) is 29.7 Å². The average Bonchev–Trinajstić information content (AvgIpc) is 3.21. The molecule has 1 aliphatic heterocycles. The van der Waals surface area contributed by atoms with E-state index in [-0.39, 0.29) is 29.1 Å². The van der Waals surface area contributed by atoms with Crippen molar-refractivity contribution in [3.63, 3.8) is 0 Å². The summed E-state index contributed by atoms with van der Waals surface area (Å²) in [6.07, 6.45) is -2.63. The molecule has 1 fully saturated rings. The largest absolute Gasteiger partial charge is 0.416 e. The number of nitrogens with two attached hydrogens (primary N) is 1. The Hall–Kier alpha value is -2.33. The first kappa shape index (κ1) is 19.4. The van der Waals surface area contributed by atoms with Gasteiger partial charge in [-0.3, -0.25) is 4.79 Å². The number of hydrogen-bond acceptors (Lipinski definition) is 3. The Morgan fingerprint density at radius 1 is 1.26 bits per heavy atom. The summed E-state index contributed by atoms with van der Waals surface area (Å²) in [5.74, 6) is -0.792. The highest BCUT2D eigenvalue weighted by atomic mass is 32.2. The molecule has 146 valence electrons. The quantitative estimate of drug-likeness (QED) is 0.855. The molecule has 3 rings (SSSR count). The van der Waals surface area contributed by atoms with Crippen molar-refractivity contribution < 1.29 is 26.4 Å². The van der Waals surface area contributed by atoms with Crippen molar-refractivity contribution in [1.29, 1.82) is 0 Å². The summed E-state index contributed by atoms with van der Waals surface area (Å²) in [7, 11) is -2.62. The van der Waals surface area contributed by atoms with Gasteiger partial charge in [0.15, 0.2) is 0 Å². The van der Waals surface area contributed by atoms with Gasteiger partial charge in [0.2, 0.25) is 10.0 Å². The molecule has 0 bridgehead atoms. The zero-order valence-electron chi connectivity index (χ0n) is 14.4. The molecule has 27 heavy (non-hydrogen) atoms. The summed E-state index contributed by atoms with van der Waals surface area (Å²) in [6.45, 7) is 0.0972. The number of primary amides is 1. The SMILES string of the molecule is Cn1cc(S(=O)(=O)N2CCCC2c2ccccc2C(F)(F)F)cc1C(N)=O. The number of alkyl halides is 3. The maximum atomic E-state index is 13.4. The second-order valence-electron chi connectivity index (χ2n) is 6.39. The highest BCUT2D eigenvalue weighted by molar-refractivity contribution is 7.89. The van der Waals surface area contributed by atoms with Crippen LogP contribution in [0.1, 0.15) is 40.5 Å². The van der Waals surface area contributed by atoms with E-state index in [1.807, 2.05) is 0 Å². The van der Waals surface area contributed by atoms with E-state index >= 15 is 0 Å². The third kappa shape index (κ3) is 3.46. The number of halogens is 3. The number of aryl methyl sites for hydroxylation is 1. The highest BCUT2D eigenvalue weighted by Gasteiger charge is 2.42. The fourth-order valence-electron chi connectivity index (χ4n) is 3.44. The van der Waals surface area contributed by atoms with Crippen molar-refractivity contribution in [2.45, 2.75) is 30.0 Å². The molecule has 2 heterocycles. The minimum Gasteiger partial charge on any atom is -0.364 e. The lowest BCUT2D eigenvalue weighted by atomic mass is 9.99. The Balaban J connectivity index is 2.05. The molecule has 2 aromatic rings. The van der Waals surface area contributed by atoms with Crippen molar-refractivity contribution in [2.75, 3.05) is 6.54 Å². The van der Waals surface area contributed by atoms with Crippen LogP contribution in [0.5, 0.6) is 0 Å². The zero-order chi connectivity index (χ0) is 20.0. The average molecular weight is 401 g/mol. The topological polar surface area (TPSA) is 85.4 Å². The zero-order valence-corrected chi connectivity index (χ0v) is 15.2. The molecule has 1 unspecified atom stereocenters. The molecular weight excluding hydrogens is 383 g/mol. The van der Waals surface area contributed by atoms with Crippen LogP contribution in [0.15, 0.2) is 41.4 Å². The van der Waals surface area contributed by atoms with Crippen LogP contribution in [0.3, 0.4) is 0 Å². The van der Waals surface area contributed by atoms with E-state index in [1.165, 1.54) is 36.0 Å². The molecule has 1 aromatic carbocycles. The fraction of sp³-hybridized carbons (Fsp3) is 0.353. The molecule has 10 heteroatoms. The van der Waals surface area contributed by atoms with Crippen LogP contribution in [-0.2, 0) is 23.2 Å². The van der Waals surface area contributed by atoms with E-state index in [0.29, 0.717) is 6.42 Å². The summed E-state index contributed by atoms with van der Waals surface area (Å²) in [4.78, 5) is 11.2. The molecule has 2 N–H and O–H groups in total. The van der Waals surface area contributed by atoms with Gasteiger partial charge < -0.3 is 10.3 Å². The Morgan fingerprint density at radius 2 is 1.93 bits per heavy atom. The van der Waals surface area contributed by atoms with Gasteiger partial charge in [-0.15, -0.1) is 0 Å². The van der Waals surface area contributed by atoms with Crippen molar-refractivity contribution in [3.8, 4) is 0 Å². The number of amides is 1. The lowest BCUT2D eigenvalue weighted by Crippen LogP contribution is -2.31. The van der Waals surface area contributed by atoms with Gasteiger partial charge in [0.1, 0.15) is 10.6 Å². The maximum Gasteiger partial charge on any atom is 0.416 e. The molecule has 0 radical (unpaired) electrons. The van der Waals surface area contributed by atoms with Gasteiger partial charge in [0.05, 0.1) is 11.6 Å². The maximum absolute atomic E-state index is 13.4. The first-order valence-electron chi connectivity index (χ1n) is 8.17. The molecule has 1 amide bonds. The number of carbonyl (C=O) groups is 1. The van der Waals surface area contributed by atoms with Crippen LogP contribution >= 0.6 is 0 Å². The Morgan fingerprint density at radius 3 is 2.52 bits per heavy atom. The van der Waals surface area contributed by atoms with Crippen LogP contribution in [0.25, 0.3) is 0 Å². The number of benzene rings is 1. The number of aromatic nitrogens is 1. The van der Waals surface area contributed by atoms with E-state index in [9.17, 15) is 26.4 Å². The molecule has 0 spiro atoms. The van der Waals surface area contributed by atoms with E-state index in [1.54, 1.807) is 0 Å². The van der Waals surface area contributed by atoms with Crippen LogP contribution in [0.4, 0.5) is 13.2 Å². The number of hydrogen-bond donors (Lipinski definition) is 1. The predicted molar refractivity (Wildman–Crippen MR) is 91.2 cm³/mol. The van der Waals surface area contributed by atoms with E-state index in [0.717, 1.165) is 16.4 Å². The second kappa shape index (κ2) is 6.68. The standard InChI is InChI=1S/C17H18F3N3O3S/c1-22-10-11(9-15(22)16(21)24)27(25,26)23-8-4-7-14(23)12-5-2-3-6-13(12)17(18,19)20/h2-3,5-6,9-10,14H,4,7-8H2,1H3,(H2,21,24). The predicted octanol–water partition coefficient (Wildman–Crippen LogP) is 2.67. The van der Waals surface area contributed by atoms with Crippen molar-refractivity contribution in [3.05, 3.63) is 53.3 Å². The van der Waals surface area contributed by atoms with E-state index in [2.05, 4.69) is 0 Å². The van der Waals surface area contributed by atoms with E-state index in [4.69, 9.17) is 5.73 Å². The van der Waals surface area contributed by atoms with Crippen LogP contribution in [0, 0.1) is 0 Å². The summed E-state index contributed by atoms with van der Waals surface area (Å²) < 4.78 is 68.6. The minimum absolute atomic E-state index is 0.0000126. The highest BCUT2D eigenvalue weighted by Crippen LogP contribution is 2.42. The summed E-state index contributed by atoms with van der Waals surface area (Å²) in [6, 6.07) is 5.21. The lowest BCUT2D eigenvalue weighted by Gasteiger charge is -2.26. The molecule has 1 saturated heterocycles. The van der Waals surface area contributed by atoms with Gasteiger partial charge >= 0.3 is 6.18 Å². The van der Waals surface area contributed by atoms with Gasteiger partial charge in [0.25, 0.3) is 5.91 Å². The Kier molecular flexibility index (Phi) is 4.81. The molecule has 1 aliphatic rings. The third-order valence-corrected chi connectivity index (χ3v) is 6.54. The van der Waals surface area contributed by atoms with Crippen molar-refractivity contribution in [2.24, 2.45) is 12.8 Å². The van der Waals surface area contributed by atoms with Gasteiger partial charge in [-0.1, -0.05) is 18.2 Å². The summed E-state index contributed by atoms with van der Waals surface area (Å²) >= 11 is 0. The summed E-state index contributed by atoms with van der Waals surface area (Å²) in [5.41, 5.74) is 4.30. The molecule has 6 nitrogen and oxygen atoms in total. The fourth-order valence-corrected chi connectivity index (χ4v) is 5.19. The van der Waals surface area contributed by atoms with Crippen molar-refractivity contribution in [1.82, 2.24) is 8.87 Å². The molecule has 0 saturated carbocycles. The second-order valence-corrected chi connectivity index (χ2v) is 8.29. The summed E-state index contributed by atoms with van der Waals surface area (Å²) in [5, 5.41) is 0. The number of sulfonamides is 1. The van der Waals surface area contributed by atoms with E-state index < -0.39 is 33.7 Å². The molecule has 1 atom stereocenters. The van der Waals surface area contributed by atoms with Crippen LogP contribution in [0.2, 0.25) is 0 Å². The molecule has 0 aliphatic carbocycles. The number of nitrogens with zero attached hydrogens (tertiary/aromatic N) is 2. The minimum atomic E-state index is -4.58. The first-order chi connectivity index (χ1) is 12.5. The lowest BCUT2D eigenvalue weighted by molar-refractivity contribution is -0.138.